The van der Waals surface area contributed by atoms with Crippen molar-refractivity contribution in [2.45, 2.75) is 13.5 Å². The van der Waals surface area contributed by atoms with Gasteiger partial charge in [-0.3, -0.25) is 9.58 Å². The monoisotopic (exact) mass is 329 g/mol. The quantitative estimate of drug-likeness (QED) is 0.725. The Hall–Kier alpha value is -2.06. The highest BCUT2D eigenvalue weighted by atomic mass is 32.1. The number of hydrogen-bond acceptors (Lipinski definition) is 7. The lowest BCUT2D eigenvalue weighted by molar-refractivity contribution is 0.243. The molecule has 0 aromatic carbocycles. The summed E-state index contributed by atoms with van der Waals surface area (Å²) >= 11 is 1.73. The fraction of sp³-hybridized carbons (Fsp3) is 0.467. The molecule has 7 nitrogen and oxygen atoms in total. The van der Waals surface area contributed by atoms with Crippen molar-refractivity contribution in [1.82, 2.24) is 29.9 Å². The first kappa shape index (κ1) is 14.5. The zero-order valence-electron chi connectivity index (χ0n) is 13.3. The lowest BCUT2D eigenvalue weighted by Crippen LogP contribution is -2.46. The van der Waals surface area contributed by atoms with Crippen LogP contribution in [0.1, 0.15) is 10.6 Å². The van der Waals surface area contributed by atoms with Gasteiger partial charge in [0.05, 0.1) is 17.3 Å². The smallest absolute Gasteiger partial charge is 0.140 e. The number of thiophene rings is 1. The number of piperazine rings is 1. The minimum atomic E-state index is 0.897. The van der Waals surface area contributed by atoms with Gasteiger partial charge in [0.2, 0.25) is 0 Å². The molecule has 23 heavy (non-hydrogen) atoms. The Bertz CT molecular complexity index is 816. The van der Waals surface area contributed by atoms with Crippen molar-refractivity contribution < 1.29 is 0 Å². The third kappa shape index (κ3) is 2.79. The minimum absolute atomic E-state index is 0.897. The number of aromatic nitrogens is 5. The average Bonchev–Trinajstić information content (AvgIpc) is 3.13. The first-order chi connectivity index (χ1) is 11.2. The van der Waals surface area contributed by atoms with Gasteiger partial charge in [0.25, 0.3) is 0 Å². The Morgan fingerprint density at radius 3 is 2.74 bits per heavy atom. The Morgan fingerprint density at radius 2 is 2.00 bits per heavy atom. The molecule has 0 N–H and O–H groups in total. The number of aryl methyl sites for hydroxylation is 2. The highest BCUT2D eigenvalue weighted by Crippen LogP contribution is 2.30. The second kappa shape index (κ2) is 5.86. The van der Waals surface area contributed by atoms with Gasteiger partial charge in [-0.15, -0.1) is 16.4 Å². The van der Waals surface area contributed by atoms with E-state index in [1.807, 2.05) is 17.9 Å². The molecule has 0 bridgehead atoms. The van der Waals surface area contributed by atoms with Crippen molar-refractivity contribution in [2.24, 2.45) is 7.05 Å². The van der Waals surface area contributed by atoms with E-state index in [1.165, 1.54) is 10.3 Å². The van der Waals surface area contributed by atoms with Crippen molar-refractivity contribution in [3.63, 3.8) is 0 Å². The Morgan fingerprint density at radius 1 is 1.17 bits per heavy atom. The predicted molar refractivity (Wildman–Crippen MR) is 90.6 cm³/mol. The summed E-state index contributed by atoms with van der Waals surface area (Å²) in [6, 6.07) is 2.20. The van der Waals surface area contributed by atoms with Gasteiger partial charge in [0.15, 0.2) is 0 Å². The SMILES string of the molecule is Cc1cc2c(N3CCN(Cc4cnnn4C)CC3)ncnc2s1. The van der Waals surface area contributed by atoms with Gasteiger partial charge in [0, 0.05) is 44.6 Å². The molecule has 1 aliphatic heterocycles. The Kier molecular flexibility index (Phi) is 3.70. The number of nitrogens with zero attached hydrogens (tertiary/aromatic N) is 7. The van der Waals surface area contributed by atoms with E-state index in [9.17, 15) is 0 Å². The van der Waals surface area contributed by atoms with Crippen molar-refractivity contribution in [3.05, 3.63) is 29.2 Å². The van der Waals surface area contributed by atoms with Crippen LogP contribution in [0.3, 0.4) is 0 Å². The van der Waals surface area contributed by atoms with Crippen LogP contribution in [0.15, 0.2) is 18.6 Å². The van der Waals surface area contributed by atoms with Crippen LogP contribution >= 0.6 is 11.3 Å². The molecule has 3 aromatic rings. The van der Waals surface area contributed by atoms with Crippen molar-refractivity contribution in [1.29, 1.82) is 0 Å². The van der Waals surface area contributed by atoms with Crippen LogP contribution in [-0.4, -0.2) is 56.0 Å². The topological polar surface area (TPSA) is 63.0 Å². The van der Waals surface area contributed by atoms with Gasteiger partial charge >= 0.3 is 0 Å². The zero-order chi connectivity index (χ0) is 15.8. The van der Waals surface area contributed by atoms with Gasteiger partial charge in [-0.25, -0.2) is 9.97 Å². The molecule has 0 unspecified atom stereocenters. The van der Waals surface area contributed by atoms with Gasteiger partial charge in [-0.1, -0.05) is 5.21 Å². The van der Waals surface area contributed by atoms with Gasteiger partial charge in [0.1, 0.15) is 17.0 Å². The summed E-state index contributed by atoms with van der Waals surface area (Å²) < 4.78 is 1.84. The van der Waals surface area contributed by atoms with Gasteiger partial charge in [-0.05, 0) is 13.0 Å². The predicted octanol–water partition coefficient (Wildman–Crippen LogP) is 1.45. The summed E-state index contributed by atoms with van der Waals surface area (Å²) in [5, 5.41) is 9.12. The summed E-state index contributed by atoms with van der Waals surface area (Å²) in [7, 11) is 1.94. The van der Waals surface area contributed by atoms with E-state index < -0.39 is 0 Å². The molecule has 0 aliphatic carbocycles. The van der Waals surface area contributed by atoms with E-state index in [0.29, 0.717) is 0 Å². The van der Waals surface area contributed by atoms with E-state index in [1.54, 1.807) is 17.7 Å². The molecule has 0 spiro atoms. The molecule has 1 saturated heterocycles. The highest BCUT2D eigenvalue weighted by Gasteiger charge is 2.21. The fourth-order valence-electron chi connectivity index (χ4n) is 3.02. The molecule has 1 aliphatic rings. The maximum absolute atomic E-state index is 4.54. The Labute approximate surface area is 138 Å². The van der Waals surface area contributed by atoms with Crippen LogP contribution < -0.4 is 4.90 Å². The first-order valence-electron chi connectivity index (χ1n) is 7.73. The summed E-state index contributed by atoms with van der Waals surface area (Å²) in [4.78, 5) is 16.1. The lowest BCUT2D eigenvalue weighted by Gasteiger charge is -2.35. The maximum atomic E-state index is 4.54. The summed E-state index contributed by atoms with van der Waals surface area (Å²) in [5.41, 5.74) is 1.15. The Balaban J connectivity index is 1.47. The van der Waals surface area contributed by atoms with E-state index in [0.717, 1.165) is 49.1 Å². The van der Waals surface area contributed by atoms with Crippen molar-refractivity contribution >= 4 is 27.4 Å². The third-order valence-corrected chi connectivity index (χ3v) is 5.26. The van der Waals surface area contributed by atoms with E-state index >= 15 is 0 Å². The molecule has 0 radical (unpaired) electrons. The molecular formula is C15H19N7S. The number of fused-ring (bicyclic) bond motifs is 1. The molecule has 4 heterocycles. The summed E-state index contributed by atoms with van der Waals surface area (Å²) in [6.45, 7) is 7.00. The fourth-order valence-corrected chi connectivity index (χ4v) is 3.86. The van der Waals surface area contributed by atoms with Crippen LogP contribution in [-0.2, 0) is 13.6 Å². The number of anilines is 1. The third-order valence-electron chi connectivity index (χ3n) is 4.30. The second-order valence-corrected chi connectivity index (χ2v) is 7.12. The van der Waals surface area contributed by atoms with Crippen LogP contribution in [0, 0.1) is 6.92 Å². The van der Waals surface area contributed by atoms with Crippen LogP contribution in [0.5, 0.6) is 0 Å². The number of rotatable bonds is 3. The molecule has 8 heteroatoms. The standard InChI is InChI=1S/C15H19N7S/c1-11-7-13-14(16-10-17-15(13)23-11)22-5-3-21(4-6-22)9-12-8-18-19-20(12)2/h7-8,10H,3-6,9H2,1-2H3. The summed E-state index contributed by atoms with van der Waals surface area (Å²) in [6.07, 6.45) is 3.52. The van der Waals surface area contributed by atoms with Crippen LogP contribution in [0.25, 0.3) is 10.2 Å². The van der Waals surface area contributed by atoms with Crippen LogP contribution in [0.2, 0.25) is 0 Å². The van der Waals surface area contributed by atoms with Crippen molar-refractivity contribution in [2.75, 3.05) is 31.1 Å². The average molecular weight is 329 g/mol. The zero-order valence-corrected chi connectivity index (χ0v) is 14.1. The molecule has 4 rings (SSSR count). The number of hydrogen-bond donors (Lipinski definition) is 0. The summed E-state index contributed by atoms with van der Waals surface area (Å²) in [5.74, 6) is 1.07. The molecule has 120 valence electrons. The van der Waals surface area contributed by atoms with Crippen molar-refractivity contribution in [3.8, 4) is 0 Å². The highest BCUT2D eigenvalue weighted by molar-refractivity contribution is 7.18. The molecule has 0 amide bonds. The lowest BCUT2D eigenvalue weighted by atomic mass is 10.2. The van der Waals surface area contributed by atoms with Gasteiger partial charge < -0.3 is 4.90 Å². The molecule has 1 fully saturated rings. The normalized spacial score (nSPS) is 16.3. The van der Waals surface area contributed by atoms with E-state index in [2.05, 4.69) is 43.1 Å². The molecule has 0 atom stereocenters. The van der Waals surface area contributed by atoms with Gasteiger partial charge in [-0.2, -0.15) is 0 Å². The first-order valence-corrected chi connectivity index (χ1v) is 8.54. The molecular weight excluding hydrogens is 310 g/mol. The van der Waals surface area contributed by atoms with E-state index in [4.69, 9.17) is 0 Å². The maximum Gasteiger partial charge on any atom is 0.140 e. The second-order valence-electron chi connectivity index (χ2n) is 5.89. The molecule has 0 saturated carbocycles. The van der Waals surface area contributed by atoms with Crippen LogP contribution in [0.4, 0.5) is 5.82 Å². The largest absolute Gasteiger partial charge is 0.353 e. The van der Waals surface area contributed by atoms with E-state index in [-0.39, 0.29) is 0 Å². The minimum Gasteiger partial charge on any atom is -0.353 e. The molecule has 3 aromatic heterocycles.